The van der Waals surface area contributed by atoms with E-state index < -0.39 is 17.7 Å². The number of hydrogen-bond donors (Lipinski definition) is 1. The second-order valence-corrected chi connectivity index (χ2v) is 8.50. The topological polar surface area (TPSA) is 79.7 Å². The van der Waals surface area contributed by atoms with Crippen LogP contribution >= 0.6 is 0 Å². The van der Waals surface area contributed by atoms with Gasteiger partial charge < -0.3 is 9.84 Å². The summed E-state index contributed by atoms with van der Waals surface area (Å²) in [6.07, 6.45) is 3.18. The molecule has 1 atom stereocenters. The van der Waals surface area contributed by atoms with Crippen LogP contribution in [0.3, 0.4) is 0 Å². The fraction of sp³-hybridized carbons (Fsp3) is 0.222. The molecule has 168 valence electrons. The number of aryl methyl sites for hydroxylation is 2. The molecule has 1 aliphatic rings. The van der Waals surface area contributed by atoms with E-state index in [9.17, 15) is 14.7 Å². The van der Waals surface area contributed by atoms with Gasteiger partial charge in [0.2, 0.25) is 0 Å². The molecular formula is C27H26N2O4. The van der Waals surface area contributed by atoms with Crippen LogP contribution in [-0.4, -0.2) is 27.9 Å². The van der Waals surface area contributed by atoms with Crippen molar-refractivity contribution in [3.8, 4) is 5.75 Å². The lowest BCUT2D eigenvalue weighted by atomic mass is 9.96. The van der Waals surface area contributed by atoms with Crippen LogP contribution in [0.15, 0.2) is 72.6 Å². The highest BCUT2D eigenvalue weighted by Gasteiger charge is 2.47. The van der Waals surface area contributed by atoms with Crippen molar-refractivity contribution in [2.24, 2.45) is 0 Å². The Hall–Kier alpha value is -3.93. The van der Waals surface area contributed by atoms with Gasteiger partial charge in [0.1, 0.15) is 11.5 Å². The van der Waals surface area contributed by atoms with E-state index >= 15 is 0 Å². The summed E-state index contributed by atoms with van der Waals surface area (Å²) in [5.74, 6) is -1.11. The number of ketones is 1. The largest absolute Gasteiger partial charge is 0.507 e. The van der Waals surface area contributed by atoms with Gasteiger partial charge in [-0.15, -0.1) is 0 Å². The van der Waals surface area contributed by atoms with E-state index in [2.05, 4.69) is 4.98 Å². The first-order chi connectivity index (χ1) is 15.8. The van der Waals surface area contributed by atoms with E-state index in [1.54, 1.807) is 48.8 Å². The first kappa shape index (κ1) is 22.3. The average molecular weight is 443 g/mol. The van der Waals surface area contributed by atoms with Gasteiger partial charge in [-0.3, -0.25) is 19.5 Å². The Morgan fingerprint density at radius 2 is 1.76 bits per heavy atom. The highest BCUT2D eigenvalue weighted by atomic mass is 16.5. The summed E-state index contributed by atoms with van der Waals surface area (Å²) >= 11 is 0. The van der Waals surface area contributed by atoms with E-state index in [-0.39, 0.29) is 17.4 Å². The van der Waals surface area contributed by atoms with Gasteiger partial charge in [0, 0.05) is 23.6 Å². The molecule has 33 heavy (non-hydrogen) atoms. The molecule has 2 aromatic carbocycles. The van der Waals surface area contributed by atoms with Gasteiger partial charge in [-0.2, -0.15) is 0 Å². The van der Waals surface area contributed by atoms with E-state index in [1.807, 2.05) is 45.9 Å². The minimum Gasteiger partial charge on any atom is -0.507 e. The molecule has 0 saturated carbocycles. The van der Waals surface area contributed by atoms with E-state index in [0.29, 0.717) is 22.6 Å². The summed E-state index contributed by atoms with van der Waals surface area (Å²) in [4.78, 5) is 32.1. The van der Waals surface area contributed by atoms with Crippen LogP contribution in [0.25, 0.3) is 5.76 Å². The van der Waals surface area contributed by atoms with Crippen LogP contribution in [0.1, 0.15) is 42.1 Å². The number of pyridine rings is 1. The van der Waals surface area contributed by atoms with Gasteiger partial charge >= 0.3 is 0 Å². The lowest BCUT2D eigenvalue weighted by Crippen LogP contribution is -2.29. The van der Waals surface area contributed by atoms with Crippen molar-refractivity contribution in [3.05, 3.63) is 94.8 Å². The zero-order valence-electron chi connectivity index (χ0n) is 19.1. The number of aliphatic hydroxyl groups is 1. The molecule has 1 aromatic heterocycles. The highest BCUT2D eigenvalue weighted by Crippen LogP contribution is 2.42. The van der Waals surface area contributed by atoms with E-state index in [4.69, 9.17) is 4.74 Å². The Morgan fingerprint density at radius 1 is 1.03 bits per heavy atom. The number of hydrogen-bond acceptors (Lipinski definition) is 5. The van der Waals surface area contributed by atoms with Crippen LogP contribution in [0, 0.1) is 13.8 Å². The average Bonchev–Trinajstić information content (AvgIpc) is 3.03. The SMILES string of the molecule is Cc1cc(C)cc(N2C(=O)C(=O)/C(=C(/O)c3cccc(OC(C)C)c3)C2c2cccnc2)c1. The zero-order valence-corrected chi connectivity index (χ0v) is 19.1. The second-order valence-electron chi connectivity index (χ2n) is 8.50. The van der Waals surface area contributed by atoms with Crippen molar-refractivity contribution in [2.45, 2.75) is 39.8 Å². The Labute approximate surface area is 193 Å². The van der Waals surface area contributed by atoms with Crippen molar-refractivity contribution in [3.63, 3.8) is 0 Å². The van der Waals surface area contributed by atoms with Gasteiger partial charge in [-0.1, -0.05) is 24.3 Å². The molecule has 1 aliphatic heterocycles. The lowest BCUT2D eigenvalue weighted by Gasteiger charge is -2.26. The minimum atomic E-state index is -0.811. The summed E-state index contributed by atoms with van der Waals surface area (Å²) in [5.41, 5.74) is 3.59. The van der Waals surface area contributed by atoms with Crippen molar-refractivity contribution >= 4 is 23.1 Å². The zero-order chi connectivity index (χ0) is 23.7. The van der Waals surface area contributed by atoms with Gasteiger partial charge in [-0.25, -0.2) is 0 Å². The maximum absolute atomic E-state index is 13.3. The molecule has 1 amide bonds. The van der Waals surface area contributed by atoms with Crippen LogP contribution < -0.4 is 9.64 Å². The quantitative estimate of drug-likeness (QED) is 0.337. The number of anilines is 1. The molecule has 6 nitrogen and oxygen atoms in total. The monoisotopic (exact) mass is 442 g/mol. The van der Waals surface area contributed by atoms with Gasteiger partial charge in [0.05, 0.1) is 17.7 Å². The van der Waals surface area contributed by atoms with E-state index in [1.165, 1.54) is 4.90 Å². The molecule has 4 rings (SSSR count). The Balaban J connectivity index is 1.91. The third kappa shape index (κ3) is 4.37. The van der Waals surface area contributed by atoms with Crippen molar-refractivity contribution in [2.75, 3.05) is 4.90 Å². The summed E-state index contributed by atoms with van der Waals surface area (Å²) in [5, 5.41) is 11.3. The number of amides is 1. The Morgan fingerprint density at radius 3 is 2.39 bits per heavy atom. The number of Topliss-reactive ketones (excluding diaryl/α,β-unsaturated/α-hetero) is 1. The van der Waals surface area contributed by atoms with E-state index in [0.717, 1.165) is 11.1 Å². The fourth-order valence-corrected chi connectivity index (χ4v) is 4.19. The number of benzene rings is 2. The second kappa shape index (κ2) is 8.90. The molecule has 1 unspecified atom stereocenters. The smallest absolute Gasteiger partial charge is 0.300 e. The van der Waals surface area contributed by atoms with Crippen LogP contribution in [0.2, 0.25) is 0 Å². The molecule has 1 saturated heterocycles. The standard InChI is InChI=1S/C27H26N2O4/c1-16(2)33-22-9-5-7-19(14-22)25(30)23-24(20-8-6-10-28-15-20)29(27(32)26(23)31)21-12-17(3)11-18(4)13-21/h5-16,24,30H,1-4H3/b25-23+. The number of carbonyl (C=O) groups excluding carboxylic acids is 2. The molecule has 0 bridgehead atoms. The third-order valence-corrected chi connectivity index (χ3v) is 5.41. The first-order valence-electron chi connectivity index (χ1n) is 10.8. The van der Waals surface area contributed by atoms with Gasteiger partial charge in [0.15, 0.2) is 0 Å². The van der Waals surface area contributed by atoms with Crippen LogP contribution in [0.5, 0.6) is 5.75 Å². The van der Waals surface area contributed by atoms with Crippen LogP contribution in [-0.2, 0) is 9.59 Å². The van der Waals surface area contributed by atoms with Crippen molar-refractivity contribution in [1.82, 2.24) is 4.98 Å². The summed E-state index contributed by atoms with van der Waals surface area (Å²) < 4.78 is 5.74. The number of nitrogens with zero attached hydrogens (tertiary/aromatic N) is 2. The Bertz CT molecular complexity index is 1230. The maximum atomic E-state index is 13.3. The number of ether oxygens (including phenoxy) is 1. The molecule has 1 N–H and O–H groups in total. The fourth-order valence-electron chi connectivity index (χ4n) is 4.19. The molecule has 0 aliphatic carbocycles. The number of carbonyl (C=O) groups is 2. The molecule has 0 radical (unpaired) electrons. The molecule has 0 spiro atoms. The Kier molecular flexibility index (Phi) is 6.01. The lowest BCUT2D eigenvalue weighted by molar-refractivity contribution is -0.132. The predicted molar refractivity (Wildman–Crippen MR) is 127 cm³/mol. The maximum Gasteiger partial charge on any atom is 0.300 e. The normalized spacial score (nSPS) is 17.6. The summed E-state index contributed by atoms with van der Waals surface area (Å²) in [6.45, 7) is 7.69. The molecule has 6 heteroatoms. The van der Waals surface area contributed by atoms with Gasteiger partial charge in [-0.05, 0) is 74.7 Å². The number of rotatable bonds is 5. The van der Waals surface area contributed by atoms with Gasteiger partial charge in [0.25, 0.3) is 11.7 Å². The van der Waals surface area contributed by atoms with Crippen molar-refractivity contribution < 1.29 is 19.4 Å². The predicted octanol–water partition coefficient (Wildman–Crippen LogP) is 5.11. The highest BCUT2D eigenvalue weighted by molar-refractivity contribution is 6.51. The molecule has 1 fully saturated rings. The number of aliphatic hydroxyl groups excluding tert-OH is 1. The summed E-state index contributed by atoms with van der Waals surface area (Å²) in [7, 11) is 0. The molecule has 2 heterocycles. The van der Waals surface area contributed by atoms with Crippen molar-refractivity contribution in [1.29, 1.82) is 0 Å². The first-order valence-corrected chi connectivity index (χ1v) is 10.8. The number of aromatic nitrogens is 1. The third-order valence-electron chi connectivity index (χ3n) is 5.41. The molecular weight excluding hydrogens is 416 g/mol. The minimum absolute atomic E-state index is 0.0221. The summed E-state index contributed by atoms with van der Waals surface area (Å²) in [6, 6.07) is 15.3. The molecule has 3 aromatic rings. The van der Waals surface area contributed by atoms with Crippen LogP contribution in [0.4, 0.5) is 5.69 Å².